The van der Waals surface area contributed by atoms with Crippen LogP contribution in [0.3, 0.4) is 0 Å². The van der Waals surface area contributed by atoms with Gasteiger partial charge in [0, 0.05) is 17.4 Å². The zero-order chi connectivity index (χ0) is 22.7. The molecule has 162 valence electrons. The van der Waals surface area contributed by atoms with E-state index in [4.69, 9.17) is 23.2 Å². The van der Waals surface area contributed by atoms with Crippen molar-refractivity contribution >= 4 is 46.7 Å². The molecule has 0 aliphatic carbocycles. The third kappa shape index (κ3) is 4.93. The molecule has 1 unspecified atom stereocenters. The van der Waals surface area contributed by atoms with E-state index in [0.29, 0.717) is 21.7 Å². The highest BCUT2D eigenvalue weighted by Gasteiger charge is 2.23. The van der Waals surface area contributed by atoms with E-state index < -0.39 is 5.25 Å². The summed E-state index contributed by atoms with van der Waals surface area (Å²) in [6.07, 6.45) is 1.40. The lowest BCUT2D eigenvalue weighted by atomic mass is 10.2. The standard InChI is InChI=1S/C22H16Cl2FN5OS/c1-13(21(31)27-19-18(24)11-15(23)12-26-19)32-22-29-28-20(14-5-3-2-4-6-14)30(22)17-9-7-16(25)8-10-17/h2-13H,1H3,(H,26,27,31). The Labute approximate surface area is 197 Å². The van der Waals surface area contributed by atoms with Crippen LogP contribution < -0.4 is 5.32 Å². The van der Waals surface area contributed by atoms with Gasteiger partial charge in [-0.25, -0.2) is 9.37 Å². The highest BCUT2D eigenvalue weighted by molar-refractivity contribution is 8.00. The Morgan fingerprint density at radius 1 is 1.09 bits per heavy atom. The highest BCUT2D eigenvalue weighted by atomic mass is 35.5. The van der Waals surface area contributed by atoms with Crippen molar-refractivity contribution in [1.29, 1.82) is 0 Å². The second-order valence-electron chi connectivity index (χ2n) is 6.72. The molecule has 4 aromatic rings. The van der Waals surface area contributed by atoms with Crippen LogP contribution in [0.5, 0.6) is 0 Å². The lowest BCUT2D eigenvalue weighted by Crippen LogP contribution is -2.23. The lowest BCUT2D eigenvalue weighted by molar-refractivity contribution is -0.115. The predicted octanol–water partition coefficient (Wildman–Crippen LogP) is 5.89. The number of hydrogen-bond donors (Lipinski definition) is 1. The van der Waals surface area contributed by atoms with Gasteiger partial charge in [-0.15, -0.1) is 10.2 Å². The van der Waals surface area contributed by atoms with E-state index in [1.807, 2.05) is 30.3 Å². The van der Waals surface area contributed by atoms with Crippen molar-refractivity contribution in [3.63, 3.8) is 0 Å². The zero-order valence-corrected chi connectivity index (χ0v) is 19.0. The summed E-state index contributed by atoms with van der Waals surface area (Å²) in [5.41, 5.74) is 1.51. The Bertz CT molecular complexity index is 1250. The van der Waals surface area contributed by atoms with Crippen LogP contribution >= 0.6 is 35.0 Å². The zero-order valence-electron chi connectivity index (χ0n) is 16.7. The molecule has 1 N–H and O–H groups in total. The van der Waals surface area contributed by atoms with Crippen molar-refractivity contribution in [2.24, 2.45) is 0 Å². The first-order valence-electron chi connectivity index (χ1n) is 9.47. The molecule has 2 aromatic heterocycles. The van der Waals surface area contributed by atoms with Crippen LogP contribution in [0, 0.1) is 5.82 Å². The Balaban J connectivity index is 1.63. The van der Waals surface area contributed by atoms with Gasteiger partial charge in [0.1, 0.15) is 5.82 Å². The Morgan fingerprint density at radius 3 is 2.50 bits per heavy atom. The number of carbonyl (C=O) groups is 1. The average molecular weight is 488 g/mol. The van der Waals surface area contributed by atoms with Crippen LogP contribution in [0.4, 0.5) is 10.2 Å². The molecule has 32 heavy (non-hydrogen) atoms. The highest BCUT2D eigenvalue weighted by Crippen LogP contribution is 2.31. The molecule has 10 heteroatoms. The number of pyridine rings is 1. The quantitative estimate of drug-likeness (QED) is 0.343. The van der Waals surface area contributed by atoms with E-state index in [9.17, 15) is 9.18 Å². The second-order valence-corrected chi connectivity index (χ2v) is 8.87. The van der Waals surface area contributed by atoms with E-state index in [1.54, 1.807) is 23.6 Å². The smallest absolute Gasteiger partial charge is 0.238 e. The molecule has 0 radical (unpaired) electrons. The molecule has 0 spiro atoms. The first-order valence-corrected chi connectivity index (χ1v) is 11.1. The molecule has 6 nitrogen and oxygen atoms in total. The van der Waals surface area contributed by atoms with Crippen LogP contribution in [0.2, 0.25) is 10.0 Å². The molecule has 0 aliphatic rings. The van der Waals surface area contributed by atoms with Gasteiger partial charge in [-0.2, -0.15) is 0 Å². The van der Waals surface area contributed by atoms with Crippen molar-refractivity contribution in [3.05, 3.63) is 82.7 Å². The lowest BCUT2D eigenvalue weighted by Gasteiger charge is -2.14. The molecular formula is C22H16Cl2FN5OS. The minimum Gasteiger partial charge on any atom is -0.308 e. The van der Waals surface area contributed by atoms with E-state index in [-0.39, 0.29) is 22.6 Å². The molecular weight excluding hydrogens is 472 g/mol. The molecule has 0 bridgehead atoms. The van der Waals surface area contributed by atoms with Crippen LogP contribution in [0.25, 0.3) is 17.1 Å². The van der Waals surface area contributed by atoms with E-state index in [0.717, 1.165) is 5.56 Å². The van der Waals surface area contributed by atoms with Gasteiger partial charge in [0.2, 0.25) is 5.91 Å². The molecule has 4 rings (SSSR count). The number of nitrogens with zero attached hydrogens (tertiary/aromatic N) is 4. The molecule has 1 amide bonds. The fourth-order valence-corrected chi connectivity index (χ4v) is 4.17. The van der Waals surface area contributed by atoms with Gasteiger partial charge in [-0.3, -0.25) is 9.36 Å². The first-order chi connectivity index (χ1) is 15.4. The van der Waals surface area contributed by atoms with Crippen LogP contribution in [0.15, 0.2) is 72.0 Å². The molecule has 0 aliphatic heterocycles. The van der Waals surface area contributed by atoms with Gasteiger partial charge in [-0.1, -0.05) is 65.3 Å². The van der Waals surface area contributed by atoms with Crippen molar-refractivity contribution in [1.82, 2.24) is 19.7 Å². The number of halogens is 3. The SMILES string of the molecule is CC(Sc1nnc(-c2ccccc2)n1-c1ccc(F)cc1)C(=O)Nc1ncc(Cl)cc1Cl. The fourth-order valence-electron chi connectivity index (χ4n) is 2.88. The van der Waals surface area contributed by atoms with E-state index in [2.05, 4.69) is 20.5 Å². The minimum absolute atomic E-state index is 0.221. The summed E-state index contributed by atoms with van der Waals surface area (Å²) in [7, 11) is 0. The number of amides is 1. The summed E-state index contributed by atoms with van der Waals surface area (Å²) in [4.78, 5) is 16.8. The number of nitrogens with one attached hydrogen (secondary N) is 1. The van der Waals surface area contributed by atoms with E-state index >= 15 is 0 Å². The summed E-state index contributed by atoms with van der Waals surface area (Å²) in [5.74, 6) is 0.132. The maximum absolute atomic E-state index is 13.5. The number of thioether (sulfide) groups is 1. The van der Waals surface area contributed by atoms with Gasteiger partial charge in [0.05, 0.1) is 15.3 Å². The predicted molar refractivity (Wildman–Crippen MR) is 125 cm³/mol. The van der Waals surface area contributed by atoms with Crippen molar-refractivity contribution < 1.29 is 9.18 Å². The Morgan fingerprint density at radius 2 is 1.81 bits per heavy atom. The third-order valence-corrected chi connectivity index (χ3v) is 5.99. The Kier molecular flexibility index (Phi) is 6.74. The first kappa shape index (κ1) is 22.3. The summed E-state index contributed by atoms with van der Waals surface area (Å²) in [5, 5.41) is 11.8. The number of anilines is 1. The number of carbonyl (C=O) groups excluding carboxylic acids is 1. The van der Waals surface area contributed by atoms with Crippen LogP contribution in [-0.4, -0.2) is 30.9 Å². The van der Waals surface area contributed by atoms with Crippen molar-refractivity contribution in [2.75, 3.05) is 5.32 Å². The maximum atomic E-state index is 13.5. The topological polar surface area (TPSA) is 72.7 Å². The average Bonchev–Trinajstić information content (AvgIpc) is 3.20. The molecule has 0 saturated heterocycles. The van der Waals surface area contributed by atoms with Gasteiger partial charge >= 0.3 is 0 Å². The van der Waals surface area contributed by atoms with Crippen molar-refractivity contribution in [2.45, 2.75) is 17.3 Å². The summed E-state index contributed by atoms with van der Waals surface area (Å²) >= 11 is 13.2. The Hall–Kier alpha value is -2.94. The van der Waals surface area contributed by atoms with Gasteiger partial charge < -0.3 is 5.32 Å². The summed E-state index contributed by atoms with van der Waals surface area (Å²) in [6, 6.07) is 17.0. The molecule has 0 fully saturated rings. The number of aromatic nitrogens is 4. The number of hydrogen-bond acceptors (Lipinski definition) is 5. The van der Waals surface area contributed by atoms with E-state index in [1.165, 1.54) is 36.2 Å². The van der Waals surface area contributed by atoms with Gasteiger partial charge in [0.25, 0.3) is 0 Å². The van der Waals surface area contributed by atoms with Crippen LogP contribution in [0.1, 0.15) is 6.92 Å². The molecule has 1 atom stereocenters. The van der Waals surface area contributed by atoms with Gasteiger partial charge in [-0.05, 0) is 37.3 Å². The second kappa shape index (κ2) is 9.68. The fraction of sp³-hybridized carbons (Fsp3) is 0.0909. The van der Waals surface area contributed by atoms with Crippen molar-refractivity contribution in [3.8, 4) is 17.1 Å². The summed E-state index contributed by atoms with van der Waals surface area (Å²) < 4.78 is 15.3. The number of rotatable bonds is 6. The molecule has 2 aromatic carbocycles. The normalized spacial score (nSPS) is 11.9. The molecule has 0 saturated carbocycles. The van der Waals surface area contributed by atoms with Gasteiger partial charge in [0.15, 0.2) is 16.8 Å². The minimum atomic E-state index is -0.560. The monoisotopic (exact) mass is 487 g/mol. The largest absolute Gasteiger partial charge is 0.308 e. The maximum Gasteiger partial charge on any atom is 0.238 e. The third-order valence-electron chi connectivity index (χ3n) is 4.45. The summed E-state index contributed by atoms with van der Waals surface area (Å²) in [6.45, 7) is 1.73. The van der Waals surface area contributed by atoms with Crippen LogP contribution in [-0.2, 0) is 4.79 Å². The number of benzene rings is 2. The molecule has 2 heterocycles.